The van der Waals surface area contributed by atoms with Crippen molar-refractivity contribution in [2.24, 2.45) is 0 Å². The summed E-state index contributed by atoms with van der Waals surface area (Å²) in [6, 6.07) is 3.46. The van der Waals surface area contributed by atoms with E-state index in [0.717, 1.165) is 5.56 Å². The maximum Gasteiger partial charge on any atom is 0.135 e. The van der Waals surface area contributed by atoms with E-state index in [2.05, 4.69) is 15.0 Å². The van der Waals surface area contributed by atoms with Crippen molar-refractivity contribution < 1.29 is 0 Å². The van der Waals surface area contributed by atoms with Crippen LogP contribution in [0.2, 0.25) is 0 Å². The molecule has 0 aliphatic rings. The number of nitrogens with two attached hydrogens (primary N) is 2. The van der Waals surface area contributed by atoms with Gasteiger partial charge in [0.2, 0.25) is 0 Å². The zero-order valence-electron chi connectivity index (χ0n) is 7.79. The van der Waals surface area contributed by atoms with E-state index in [4.69, 9.17) is 11.5 Å². The van der Waals surface area contributed by atoms with Crippen LogP contribution >= 0.6 is 12.4 Å². The Kier molecular flexibility index (Phi) is 3.41. The lowest BCUT2D eigenvalue weighted by Gasteiger charge is -2.03. The summed E-state index contributed by atoms with van der Waals surface area (Å²) in [7, 11) is 0. The van der Waals surface area contributed by atoms with Crippen LogP contribution in [0.3, 0.4) is 0 Å². The fraction of sp³-hybridized carbons (Fsp3) is 0. The van der Waals surface area contributed by atoms with Gasteiger partial charge in [0.1, 0.15) is 11.6 Å². The molecule has 0 amide bonds. The Labute approximate surface area is 93.0 Å². The third-order valence-electron chi connectivity index (χ3n) is 1.79. The van der Waals surface area contributed by atoms with E-state index < -0.39 is 0 Å². The maximum absolute atomic E-state index is 5.69. The molecule has 0 spiro atoms. The van der Waals surface area contributed by atoms with E-state index in [-0.39, 0.29) is 12.4 Å². The SMILES string of the molecule is Cl.Nc1ccc(-c2cnccn2)c(N)n1. The van der Waals surface area contributed by atoms with Crippen molar-refractivity contribution in [2.75, 3.05) is 11.5 Å². The lowest BCUT2D eigenvalue weighted by molar-refractivity contribution is 1.20. The van der Waals surface area contributed by atoms with Crippen LogP contribution in [0.25, 0.3) is 11.3 Å². The van der Waals surface area contributed by atoms with Gasteiger partial charge in [-0.2, -0.15) is 0 Å². The fourth-order valence-electron chi connectivity index (χ4n) is 1.15. The number of nitrogen functional groups attached to an aromatic ring is 2. The molecule has 6 heteroatoms. The summed E-state index contributed by atoms with van der Waals surface area (Å²) in [6.07, 6.45) is 4.83. The van der Waals surface area contributed by atoms with Gasteiger partial charge in [0.05, 0.1) is 11.9 Å². The molecule has 0 aliphatic carbocycles. The van der Waals surface area contributed by atoms with Gasteiger partial charge in [0.25, 0.3) is 0 Å². The Morgan fingerprint density at radius 2 is 1.87 bits per heavy atom. The van der Waals surface area contributed by atoms with Crippen LogP contribution < -0.4 is 11.5 Å². The van der Waals surface area contributed by atoms with Gasteiger partial charge in [-0.15, -0.1) is 12.4 Å². The summed E-state index contributed by atoms with van der Waals surface area (Å²) in [6.45, 7) is 0. The number of hydrogen-bond acceptors (Lipinski definition) is 5. The first-order valence-corrected chi connectivity index (χ1v) is 4.06. The largest absolute Gasteiger partial charge is 0.384 e. The number of anilines is 2. The van der Waals surface area contributed by atoms with Gasteiger partial charge >= 0.3 is 0 Å². The molecule has 0 aromatic carbocycles. The van der Waals surface area contributed by atoms with Crippen molar-refractivity contribution in [1.29, 1.82) is 0 Å². The normalized spacial score (nSPS) is 9.33. The molecular weight excluding hydrogens is 214 g/mol. The van der Waals surface area contributed by atoms with E-state index in [0.29, 0.717) is 17.3 Å². The first kappa shape index (κ1) is 11.2. The van der Waals surface area contributed by atoms with Crippen molar-refractivity contribution in [3.05, 3.63) is 30.7 Å². The molecule has 78 valence electrons. The van der Waals surface area contributed by atoms with Gasteiger partial charge in [-0.25, -0.2) is 4.98 Å². The van der Waals surface area contributed by atoms with Crippen LogP contribution in [0.15, 0.2) is 30.7 Å². The van der Waals surface area contributed by atoms with E-state index >= 15 is 0 Å². The molecule has 15 heavy (non-hydrogen) atoms. The van der Waals surface area contributed by atoms with Crippen LogP contribution in [-0.2, 0) is 0 Å². The molecule has 0 fully saturated rings. The summed E-state index contributed by atoms with van der Waals surface area (Å²) >= 11 is 0. The molecule has 2 aromatic heterocycles. The summed E-state index contributed by atoms with van der Waals surface area (Å²) in [5.41, 5.74) is 12.6. The van der Waals surface area contributed by atoms with Crippen LogP contribution in [0.4, 0.5) is 11.6 Å². The molecule has 4 N–H and O–H groups in total. The van der Waals surface area contributed by atoms with E-state index in [1.54, 1.807) is 30.7 Å². The summed E-state index contributed by atoms with van der Waals surface area (Å²) in [4.78, 5) is 12.0. The minimum absolute atomic E-state index is 0. The van der Waals surface area contributed by atoms with E-state index in [1.165, 1.54) is 0 Å². The van der Waals surface area contributed by atoms with Crippen LogP contribution in [-0.4, -0.2) is 15.0 Å². The smallest absolute Gasteiger partial charge is 0.135 e. The molecule has 2 rings (SSSR count). The molecule has 0 saturated heterocycles. The summed E-state index contributed by atoms with van der Waals surface area (Å²) in [5, 5.41) is 0. The molecule has 0 radical (unpaired) electrons. The molecule has 0 unspecified atom stereocenters. The molecule has 0 atom stereocenters. The molecule has 0 saturated carbocycles. The van der Waals surface area contributed by atoms with Gasteiger partial charge in [0, 0.05) is 18.0 Å². The average molecular weight is 224 g/mol. The van der Waals surface area contributed by atoms with Crippen LogP contribution in [0.5, 0.6) is 0 Å². The standard InChI is InChI=1S/C9H9N5.ClH/c10-8-2-1-6(9(11)14-8)7-5-12-3-4-13-7;/h1-5H,(H4,10,11,14);1H. The molecule has 0 aliphatic heterocycles. The predicted molar refractivity (Wildman–Crippen MR) is 61.3 cm³/mol. The molecule has 5 nitrogen and oxygen atoms in total. The van der Waals surface area contributed by atoms with E-state index in [1.807, 2.05) is 0 Å². The van der Waals surface area contributed by atoms with Gasteiger partial charge < -0.3 is 11.5 Å². The van der Waals surface area contributed by atoms with Crippen molar-refractivity contribution >= 4 is 24.0 Å². The lowest BCUT2D eigenvalue weighted by atomic mass is 10.2. The number of halogens is 1. The number of pyridine rings is 1. The molecule has 2 heterocycles. The van der Waals surface area contributed by atoms with Crippen molar-refractivity contribution in [2.45, 2.75) is 0 Å². The van der Waals surface area contributed by atoms with Crippen molar-refractivity contribution in [1.82, 2.24) is 15.0 Å². The summed E-state index contributed by atoms with van der Waals surface area (Å²) in [5.74, 6) is 0.764. The maximum atomic E-state index is 5.69. The molecule has 0 bridgehead atoms. The van der Waals surface area contributed by atoms with Crippen molar-refractivity contribution in [3.8, 4) is 11.3 Å². The lowest BCUT2D eigenvalue weighted by Crippen LogP contribution is -1.99. The number of hydrogen-bond donors (Lipinski definition) is 2. The highest BCUT2D eigenvalue weighted by atomic mass is 35.5. The topological polar surface area (TPSA) is 90.7 Å². The number of nitrogens with zero attached hydrogens (tertiary/aromatic N) is 3. The number of aromatic nitrogens is 3. The van der Waals surface area contributed by atoms with E-state index in [9.17, 15) is 0 Å². The predicted octanol–water partition coefficient (Wildman–Crippen LogP) is 1.12. The quantitative estimate of drug-likeness (QED) is 0.756. The second-order valence-electron chi connectivity index (χ2n) is 2.76. The van der Waals surface area contributed by atoms with Gasteiger partial charge in [-0.05, 0) is 12.1 Å². The second kappa shape index (κ2) is 4.56. The van der Waals surface area contributed by atoms with Crippen molar-refractivity contribution in [3.63, 3.8) is 0 Å². The third-order valence-corrected chi connectivity index (χ3v) is 1.79. The minimum Gasteiger partial charge on any atom is -0.384 e. The fourth-order valence-corrected chi connectivity index (χ4v) is 1.15. The van der Waals surface area contributed by atoms with Gasteiger partial charge in [-0.1, -0.05) is 0 Å². The summed E-state index contributed by atoms with van der Waals surface area (Å²) < 4.78 is 0. The molecular formula is C9H10ClN5. The first-order valence-electron chi connectivity index (χ1n) is 4.06. The average Bonchev–Trinajstić information content (AvgIpc) is 2.19. The molecule has 2 aromatic rings. The van der Waals surface area contributed by atoms with Gasteiger partial charge in [0.15, 0.2) is 0 Å². The monoisotopic (exact) mass is 223 g/mol. The van der Waals surface area contributed by atoms with Crippen LogP contribution in [0.1, 0.15) is 0 Å². The van der Waals surface area contributed by atoms with Gasteiger partial charge in [-0.3, -0.25) is 9.97 Å². The Hall–Kier alpha value is -1.88. The third kappa shape index (κ3) is 2.32. The Morgan fingerprint density at radius 3 is 2.47 bits per heavy atom. The first-order chi connectivity index (χ1) is 6.77. The Morgan fingerprint density at radius 1 is 1.07 bits per heavy atom. The highest BCUT2D eigenvalue weighted by Gasteiger charge is 2.04. The van der Waals surface area contributed by atoms with Crippen LogP contribution in [0, 0.1) is 0 Å². The zero-order valence-corrected chi connectivity index (χ0v) is 8.61. The Balaban J connectivity index is 0.00000112. The second-order valence-corrected chi connectivity index (χ2v) is 2.76. The zero-order chi connectivity index (χ0) is 9.97. The number of rotatable bonds is 1. The minimum atomic E-state index is 0. The Bertz CT molecular complexity index is 446. The highest BCUT2D eigenvalue weighted by molar-refractivity contribution is 5.85. The highest BCUT2D eigenvalue weighted by Crippen LogP contribution is 2.21.